The van der Waals surface area contributed by atoms with E-state index in [2.05, 4.69) is 0 Å². The number of cyclic esters (lactones) is 1. The first-order valence-corrected chi connectivity index (χ1v) is 11.4. The van der Waals surface area contributed by atoms with Gasteiger partial charge in [0.25, 0.3) is 5.91 Å². The Morgan fingerprint density at radius 1 is 1.12 bits per heavy atom. The zero-order valence-electron chi connectivity index (χ0n) is 18.5. The Morgan fingerprint density at radius 2 is 1.88 bits per heavy atom. The summed E-state index contributed by atoms with van der Waals surface area (Å²) < 4.78 is 16.7. The quantitative estimate of drug-likeness (QED) is 0.680. The van der Waals surface area contributed by atoms with E-state index >= 15 is 0 Å². The Morgan fingerprint density at radius 3 is 2.59 bits per heavy atom. The molecule has 0 N–H and O–H groups in total. The molecule has 3 heterocycles. The van der Waals surface area contributed by atoms with Crippen molar-refractivity contribution in [2.75, 3.05) is 26.2 Å². The average Bonchev–Trinajstić information content (AvgIpc) is 3.45. The van der Waals surface area contributed by atoms with Crippen LogP contribution in [-0.4, -0.2) is 60.2 Å². The minimum Gasteiger partial charge on any atom is -0.480 e. The molecule has 2 saturated heterocycles. The number of hydrogen-bond acceptors (Lipinski definition) is 6. The summed E-state index contributed by atoms with van der Waals surface area (Å²) in [6.45, 7) is 5.83. The number of carbonyl (C=O) groups is 2. The van der Waals surface area contributed by atoms with E-state index in [1.165, 1.54) is 0 Å². The molecule has 1 aromatic heterocycles. The van der Waals surface area contributed by atoms with Crippen LogP contribution in [0.2, 0.25) is 0 Å². The van der Waals surface area contributed by atoms with E-state index in [9.17, 15) is 14.4 Å². The number of fused-ring (bicyclic) bond motifs is 3. The van der Waals surface area contributed by atoms with Crippen molar-refractivity contribution in [2.24, 2.45) is 0 Å². The van der Waals surface area contributed by atoms with Crippen LogP contribution in [0.3, 0.4) is 0 Å². The van der Waals surface area contributed by atoms with Crippen molar-refractivity contribution in [3.8, 4) is 5.75 Å². The summed E-state index contributed by atoms with van der Waals surface area (Å²) in [5, 5.41) is 0.962. The molecule has 2 aliphatic heterocycles. The van der Waals surface area contributed by atoms with Crippen LogP contribution in [0.25, 0.3) is 11.0 Å². The number of carbonyl (C=O) groups excluding carboxylic acids is 2. The summed E-state index contributed by atoms with van der Waals surface area (Å²) in [6.07, 6.45) is 3.18. The topological polar surface area (TPSA) is 89.3 Å². The number of rotatable bonds is 4. The van der Waals surface area contributed by atoms with Crippen molar-refractivity contribution in [1.82, 2.24) is 9.80 Å². The lowest BCUT2D eigenvalue weighted by molar-refractivity contribution is -0.139. The van der Waals surface area contributed by atoms with Crippen molar-refractivity contribution in [3.63, 3.8) is 0 Å². The Hall–Kier alpha value is -3.03. The highest BCUT2D eigenvalue weighted by Crippen LogP contribution is 2.33. The van der Waals surface area contributed by atoms with Crippen molar-refractivity contribution in [1.29, 1.82) is 0 Å². The third-order valence-corrected chi connectivity index (χ3v) is 7.00. The zero-order chi connectivity index (χ0) is 22.4. The molecule has 0 radical (unpaired) electrons. The molecule has 5 rings (SSSR count). The summed E-state index contributed by atoms with van der Waals surface area (Å²) in [7, 11) is 0. The second-order valence-electron chi connectivity index (χ2n) is 8.89. The van der Waals surface area contributed by atoms with Crippen LogP contribution in [0, 0.1) is 6.92 Å². The first-order chi connectivity index (χ1) is 15.4. The molecule has 170 valence electrons. The number of aryl methyl sites for hydroxylation is 2. The highest BCUT2D eigenvalue weighted by molar-refractivity contribution is 5.87. The molecule has 3 aliphatic rings. The van der Waals surface area contributed by atoms with Gasteiger partial charge in [-0.15, -0.1) is 0 Å². The second-order valence-corrected chi connectivity index (χ2v) is 8.89. The summed E-state index contributed by atoms with van der Waals surface area (Å²) >= 11 is 0. The normalized spacial score (nSPS) is 19.9. The van der Waals surface area contributed by atoms with E-state index in [4.69, 9.17) is 13.9 Å². The third-order valence-electron chi connectivity index (χ3n) is 7.00. The molecule has 1 aromatic carbocycles. The van der Waals surface area contributed by atoms with Crippen molar-refractivity contribution < 1.29 is 23.5 Å². The van der Waals surface area contributed by atoms with Crippen molar-refractivity contribution in [3.05, 3.63) is 39.2 Å². The maximum absolute atomic E-state index is 13.0. The lowest BCUT2D eigenvalue weighted by Gasteiger charge is -2.36. The van der Waals surface area contributed by atoms with Gasteiger partial charge in [-0.3, -0.25) is 4.79 Å². The van der Waals surface area contributed by atoms with Crippen LogP contribution in [0.5, 0.6) is 5.75 Å². The lowest BCUT2D eigenvalue weighted by atomic mass is 10.0. The van der Waals surface area contributed by atoms with Crippen LogP contribution in [0.15, 0.2) is 21.3 Å². The minimum atomic E-state index is -0.666. The lowest BCUT2D eigenvalue weighted by Crippen LogP contribution is -2.49. The summed E-state index contributed by atoms with van der Waals surface area (Å²) in [5.41, 5.74) is 2.89. The first-order valence-electron chi connectivity index (χ1n) is 11.4. The standard InChI is InChI=1S/C24H28N2O6/c1-14-20(7-6-18-17-4-3-5-19(17)23(28)32-21(14)18)31-15(2)22(27)25-10-8-16(9-11-25)26-12-13-30-24(26)29/h6-7,15-16H,3-5,8-13H2,1-2H3. The minimum absolute atomic E-state index is 0.0812. The van der Waals surface area contributed by atoms with Crippen LogP contribution < -0.4 is 10.4 Å². The monoisotopic (exact) mass is 440 g/mol. The molecule has 32 heavy (non-hydrogen) atoms. The number of hydrogen-bond donors (Lipinski definition) is 0. The summed E-state index contributed by atoms with van der Waals surface area (Å²) in [4.78, 5) is 40.7. The largest absolute Gasteiger partial charge is 0.480 e. The van der Waals surface area contributed by atoms with Crippen LogP contribution in [0.4, 0.5) is 4.79 Å². The first kappa shape index (κ1) is 20.8. The predicted octanol–water partition coefficient (Wildman–Crippen LogP) is 2.80. The van der Waals surface area contributed by atoms with Gasteiger partial charge in [-0.25, -0.2) is 9.59 Å². The molecule has 1 unspecified atom stereocenters. The van der Waals surface area contributed by atoms with E-state index in [1.807, 2.05) is 19.1 Å². The molecule has 2 aromatic rings. The van der Waals surface area contributed by atoms with Crippen molar-refractivity contribution in [2.45, 2.75) is 58.1 Å². The van der Waals surface area contributed by atoms with Gasteiger partial charge in [-0.1, -0.05) is 0 Å². The fourth-order valence-electron chi connectivity index (χ4n) is 5.22. The Kier molecular flexibility index (Phi) is 5.31. The average molecular weight is 440 g/mol. The van der Waals surface area contributed by atoms with Gasteiger partial charge in [0.1, 0.15) is 17.9 Å². The maximum atomic E-state index is 13.0. The Bertz CT molecular complexity index is 1130. The SMILES string of the molecule is Cc1c(OC(C)C(=O)N2CCC(N3CCOC3=O)CC2)ccc2c3c(c(=O)oc12)CCC3. The molecule has 0 saturated carbocycles. The third kappa shape index (κ3) is 3.51. The van der Waals surface area contributed by atoms with E-state index in [1.54, 1.807) is 16.7 Å². The number of amides is 2. The van der Waals surface area contributed by atoms with Crippen molar-refractivity contribution >= 4 is 23.0 Å². The molecule has 1 aliphatic carbocycles. The zero-order valence-corrected chi connectivity index (χ0v) is 18.5. The highest BCUT2D eigenvalue weighted by atomic mass is 16.6. The van der Waals surface area contributed by atoms with Crippen LogP contribution >= 0.6 is 0 Å². The maximum Gasteiger partial charge on any atom is 0.410 e. The summed E-state index contributed by atoms with van der Waals surface area (Å²) in [6, 6.07) is 3.92. The molecular weight excluding hydrogens is 412 g/mol. The second kappa shape index (κ2) is 8.15. The molecule has 0 bridgehead atoms. The number of piperidine rings is 1. The number of ether oxygens (including phenoxy) is 2. The highest BCUT2D eigenvalue weighted by Gasteiger charge is 2.34. The Labute approximate surface area is 186 Å². The predicted molar refractivity (Wildman–Crippen MR) is 117 cm³/mol. The van der Waals surface area contributed by atoms with E-state index in [-0.39, 0.29) is 23.7 Å². The van der Waals surface area contributed by atoms with Gasteiger partial charge in [0.2, 0.25) is 0 Å². The van der Waals surface area contributed by atoms with Crippen LogP contribution in [-0.2, 0) is 22.4 Å². The molecule has 2 amide bonds. The van der Waals surface area contributed by atoms with E-state index < -0.39 is 6.10 Å². The Balaban J connectivity index is 1.28. The van der Waals surface area contributed by atoms with Gasteiger partial charge in [0, 0.05) is 35.6 Å². The van der Waals surface area contributed by atoms with Gasteiger partial charge in [-0.2, -0.15) is 0 Å². The van der Waals surface area contributed by atoms with Gasteiger partial charge in [0.15, 0.2) is 6.10 Å². The number of nitrogens with zero attached hydrogens (tertiary/aromatic N) is 2. The number of likely N-dealkylation sites (tertiary alicyclic amines) is 1. The van der Waals surface area contributed by atoms with E-state index in [0.717, 1.165) is 54.2 Å². The number of benzene rings is 1. The van der Waals surface area contributed by atoms with E-state index in [0.29, 0.717) is 37.6 Å². The fraction of sp³-hybridized carbons (Fsp3) is 0.542. The molecule has 1 atom stereocenters. The van der Waals surface area contributed by atoms with Gasteiger partial charge >= 0.3 is 11.7 Å². The van der Waals surface area contributed by atoms with Gasteiger partial charge < -0.3 is 23.7 Å². The molecular formula is C24H28N2O6. The van der Waals surface area contributed by atoms with Gasteiger partial charge in [-0.05, 0) is 63.6 Å². The fourth-order valence-corrected chi connectivity index (χ4v) is 5.22. The summed E-state index contributed by atoms with van der Waals surface area (Å²) in [5.74, 6) is 0.469. The van der Waals surface area contributed by atoms with Crippen LogP contribution in [0.1, 0.15) is 42.9 Å². The molecule has 2 fully saturated rings. The molecule has 8 heteroatoms. The smallest absolute Gasteiger partial charge is 0.410 e. The molecule has 0 spiro atoms. The van der Waals surface area contributed by atoms with Gasteiger partial charge in [0.05, 0.1) is 6.54 Å². The molecule has 8 nitrogen and oxygen atoms in total.